The van der Waals surface area contributed by atoms with Crippen LogP contribution in [0.5, 0.6) is 0 Å². The lowest BCUT2D eigenvalue weighted by molar-refractivity contribution is 0.0996. The summed E-state index contributed by atoms with van der Waals surface area (Å²) in [5.41, 5.74) is 12.9. The number of nitrogens with one attached hydrogen (secondary N) is 1. The Balaban J connectivity index is 2.12. The number of carbonyl (C=O) groups is 1. The summed E-state index contributed by atoms with van der Waals surface area (Å²) in [6, 6.07) is 10.3. The van der Waals surface area contributed by atoms with Crippen LogP contribution in [0.3, 0.4) is 0 Å². The van der Waals surface area contributed by atoms with E-state index >= 15 is 0 Å². The predicted molar refractivity (Wildman–Crippen MR) is 69.1 cm³/mol. The van der Waals surface area contributed by atoms with Gasteiger partial charge in [-0.3, -0.25) is 4.79 Å². The molecule has 2 aromatic rings. The van der Waals surface area contributed by atoms with E-state index in [0.29, 0.717) is 12.2 Å². The van der Waals surface area contributed by atoms with E-state index in [9.17, 15) is 4.79 Å². The average Bonchev–Trinajstić information content (AvgIpc) is 2.92. The van der Waals surface area contributed by atoms with Gasteiger partial charge in [0.05, 0.1) is 6.26 Å². The molecule has 0 unspecified atom stereocenters. The van der Waals surface area contributed by atoms with Crippen LogP contribution in [0.15, 0.2) is 47.1 Å². The molecular weight excluding hydrogens is 230 g/mol. The van der Waals surface area contributed by atoms with Gasteiger partial charge in [-0.25, -0.2) is 0 Å². The Morgan fingerprint density at radius 2 is 2.17 bits per heavy atom. The third-order valence-corrected chi connectivity index (χ3v) is 2.57. The van der Waals surface area contributed by atoms with Crippen molar-refractivity contribution < 1.29 is 9.21 Å². The fraction of sp³-hybridized carbons (Fsp3) is 0.154. The molecule has 0 bridgehead atoms. The fourth-order valence-corrected chi connectivity index (χ4v) is 1.58. The number of furan rings is 1. The Morgan fingerprint density at radius 3 is 2.83 bits per heavy atom. The van der Waals surface area contributed by atoms with Gasteiger partial charge in [-0.2, -0.15) is 0 Å². The maximum atomic E-state index is 11.8. The summed E-state index contributed by atoms with van der Waals surface area (Å²) < 4.78 is 5.01. The third kappa shape index (κ3) is 2.77. The number of carbonyl (C=O) groups excluding carboxylic acids is 1. The molecule has 5 N–H and O–H groups in total. The Morgan fingerprint density at radius 1 is 1.33 bits per heavy atom. The number of rotatable bonds is 4. The summed E-state index contributed by atoms with van der Waals surface area (Å²) in [4.78, 5) is 11.8. The zero-order valence-electron chi connectivity index (χ0n) is 9.80. The highest BCUT2D eigenvalue weighted by Crippen LogP contribution is 2.16. The van der Waals surface area contributed by atoms with Crippen LogP contribution in [0.4, 0.5) is 5.69 Å². The quantitative estimate of drug-likeness (QED) is 0.760. The largest absolute Gasteiger partial charge is 0.459 e. The summed E-state index contributed by atoms with van der Waals surface area (Å²) >= 11 is 0. The minimum absolute atomic E-state index is 0.231. The molecule has 1 aromatic heterocycles. The van der Waals surface area contributed by atoms with Gasteiger partial charge < -0.3 is 21.2 Å². The smallest absolute Gasteiger partial charge is 0.291 e. The van der Waals surface area contributed by atoms with Crippen molar-refractivity contribution >= 4 is 11.6 Å². The van der Waals surface area contributed by atoms with Crippen LogP contribution >= 0.6 is 0 Å². The van der Waals surface area contributed by atoms with Crippen LogP contribution in [0, 0.1) is 0 Å². The standard InChI is InChI=1S/C13H15N3O2/c14-8-11(15)9-3-1-4-10(7-9)16-13(17)12-5-2-6-18-12/h1-7,11H,8,14-15H2,(H,16,17)/t11-/m1/s1. The highest BCUT2D eigenvalue weighted by atomic mass is 16.3. The molecule has 0 saturated heterocycles. The normalized spacial score (nSPS) is 12.1. The van der Waals surface area contributed by atoms with Gasteiger partial charge in [0.25, 0.3) is 5.91 Å². The molecule has 0 radical (unpaired) electrons. The van der Waals surface area contributed by atoms with E-state index in [0.717, 1.165) is 5.56 Å². The van der Waals surface area contributed by atoms with Crippen molar-refractivity contribution in [3.63, 3.8) is 0 Å². The van der Waals surface area contributed by atoms with E-state index in [1.54, 1.807) is 24.3 Å². The van der Waals surface area contributed by atoms with Gasteiger partial charge in [-0.1, -0.05) is 12.1 Å². The summed E-state index contributed by atoms with van der Waals surface area (Å²) in [6.45, 7) is 0.357. The molecule has 2 rings (SSSR count). The van der Waals surface area contributed by atoms with E-state index in [-0.39, 0.29) is 17.7 Å². The highest BCUT2D eigenvalue weighted by molar-refractivity contribution is 6.02. The van der Waals surface area contributed by atoms with Gasteiger partial charge in [-0.15, -0.1) is 0 Å². The SMILES string of the molecule is NC[C@@H](N)c1cccc(NC(=O)c2ccco2)c1. The molecule has 0 aliphatic carbocycles. The van der Waals surface area contributed by atoms with Crippen molar-refractivity contribution in [2.24, 2.45) is 11.5 Å². The van der Waals surface area contributed by atoms with Crippen LogP contribution in [0.1, 0.15) is 22.2 Å². The van der Waals surface area contributed by atoms with Crippen LogP contribution in [-0.2, 0) is 0 Å². The van der Waals surface area contributed by atoms with E-state index in [1.807, 2.05) is 12.1 Å². The topological polar surface area (TPSA) is 94.3 Å². The molecule has 18 heavy (non-hydrogen) atoms. The van der Waals surface area contributed by atoms with Crippen molar-refractivity contribution in [1.29, 1.82) is 0 Å². The molecule has 0 spiro atoms. The zero-order chi connectivity index (χ0) is 13.0. The number of amides is 1. The van der Waals surface area contributed by atoms with Crippen molar-refractivity contribution in [1.82, 2.24) is 0 Å². The number of anilines is 1. The Kier molecular flexibility index (Phi) is 3.76. The van der Waals surface area contributed by atoms with Crippen LogP contribution < -0.4 is 16.8 Å². The van der Waals surface area contributed by atoms with Crippen molar-refractivity contribution in [2.45, 2.75) is 6.04 Å². The molecule has 94 valence electrons. The molecule has 5 heteroatoms. The first kappa shape index (κ1) is 12.3. The summed E-state index contributed by atoms with van der Waals surface area (Å²) in [6.07, 6.45) is 1.45. The highest BCUT2D eigenvalue weighted by Gasteiger charge is 2.10. The van der Waals surface area contributed by atoms with E-state index in [2.05, 4.69) is 5.32 Å². The van der Waals surface area contributed by atoms with Gasteiger partial charge in [0.2, 0.25) is 0 Å². The first-order valence-electron chi connectivity index (χ1n) is 5.61. The summed E-state index contributed by atoms with van der Waals surface area (Å²) in [7, 11) is 0. The maximum absolute atomic E-state index is 11.8. The van der Waals surface area contributed by atoms with Gasteiger partial charge in [0, 0.05) is 18.3 Å². The first-order chi connectivity index (χ1) is 8.70. The van der Waals surface area contributed by atoms with Gasteiger partial charge >= 0.3 is 0 Å². The number of benzene rings is 1. The van der Waals surface area contributed by atoms with E-state index in [4.69, 9.17) is 15.9 Å². The molecule has 1 atom stereocenters. The molecule has 0 aliphatic heterocycles. The fourth-order valence-electron chi connectivity index (χ4n) is 1.58. The average molecular weight is 245 g/mol. The lowest BCUT2D eigenvalue weighted by Gasteiger charge is -2.11. The van der Waals surface area contributed by atoms with Crippen LogP contribution in [0.2, 0.25) is 0 Å². The minimum Gasteiger partial charge on any atom is -0.459 e. The Labute approximate surface area is 105 Å². The minimum atomic E-state index is -0.293. The Hall–Kier alpha value is -2.11. The first-order valence-corrected chi connectivity index (χ1v) is 5.61. The van der Waals surface area contributed by atoms with Crippen molar-refractivity contribution in [3.05, 3.63) is 54.0 Å². The van der Waals surface area contributed by atoms with E-state index < -0.39 is 0 Å². The molecule has 5 nitrogen and oxygen atoms in total. The maximum Gasteiger partial charge on any atom is 0.291 e. The lowest BCUT2D eigenvalue weighted by Crippen LogP contribution is -2.21. The number of hydrogen-bond acceptors (Lipinski definition) is 4. The Bertz CT molecular complexity index is 523. The number of nitrogens with two attached hydrogens (primary N) is 2. The van der Waals surface area contributed by atoms with Crippen LogP contribution in [0.25, 0.3) is 0 Å². The van der Waals surface area contributed by atoms with Gasteiger partial charge in [-0.05, 0) is 29.8 Å². The van der Waals surface area contributed by atoms with Crippen molar-refractivity contribution in [3.8, 4) is 0 Å². The number of hydrogen-bond donors (Lipinski definition) is 3. The zero-order valence-corrected chi connectivity index (χ0v) is 9.80. The second-order valence-corrected chi connectivity index (χ2v) is 3.90. The molecular formula is C13H15N3O2. The lowest BCUT2D eigenvalue weighted by atomic mass is 10.1. The monoisotopic (exact) mass is 245 g/mol. The molecule has 1 heterocycles. The molecule has 1 amide bonds. The molecule has 0 saturated carbocycles. The second-order valence-electron chi connectivity index (χ2n) is 3.90. The van der Waals surface area contributed by atoms with Crippen molar-refractivity contribution in [2.75, 3.05) is 11.9 Å². The summed E-state index contributed by atoms with van der Waals surface area (Å²) in [5.74, 6) is -0.0259. The second kappa shape index (κ2) is 5.48. The van der Waals surface area contributed by atoms with E-state index in [1.165, 1.54) is 6.26 Å². The van der Waals surface area contributed by atoms with Crippen LogP contribution in [-0.4, -0.2) is 12.5 Å². The molecule has 1 aromatic carbocycles. The predicted octanol–water partition coefficient (Wildman–Crippen LogP) is 1.49. The van der Waals surface area contributed by atoms with Gasteiger partial charge in [0.15, 0.2) is 5.76 Å². The third-order valence-electron chi connectivity index (χ3n) is 2.57. The molecule has 0 aliphatic rings. The van der Waals surface area contributed by atoms with Gasteiger partial charge in [0.1, 0.15) is 0 Å². The molecule has 0 fully saturated rings. The summed E-state index contributed by atoms with van der Waals surface area (Å²) in [5, 5.41) is 2.73.